The van der Waals surface area contributed by atoms with Gasteiger partial charge in [0.25, 0.3) is 5.91 Å². The van der Waals surface area contributed by atoms with Crippen molar-refractivity contribution >= 4 is 34.3 Å². The van der Waals surface area contributed by atoms with Crippen molar-refractivity contribution in [2.45, 2.75) is 18.9 Å². The second-order valence-electron chi connectivity index (χ2n) is 6.63. The van der Waals surface area contributed by atoms with Gasteiger partial charge in [-0.3, -0.25) is 9.59 Å². The molecule has 2 amide bonds. The quantitative estimate of drug-likeness (QED) is 0.370. The zero-order valence-corrected chi connectivity index (χ0v) is 16.8. The number of H-pyrrole nitrogens is 1. The Labute approximate surface area is 173 Å². The first-order valence-corrected chi connectivity index (χ1v) is 9.70. The Morgan fingerprint density at radius 1 is 1.24 bits per heavy atom. The van der Waals surface area contributed by atoms with Crippen molar-refractivity contribution in [1.29, 1.82) is 0 Å². The fraction of sp³-hybridized carbons (Fsp3) is 0.286. The number of ether oxygens (including phenoxy) is 1. The monoisotopic (exact) mass is 414 g/mol. The van der Waals surface area contributed by atoms with E-state index >= 15 is 0 Å². The molecule has 0 fully saturated rings. The van der Waals surface area contributed by atoms with Gasteiger partial charge >= 0.3 is 0 Å². The van der Waals surface area contributed by atoms with Crippen LogP contribution < -0.4 is 10.6 Å². The molecule has 3 N–H and O–H groups in total. The molecule has 7 nitrogen and oxygen atoms in total. The van der Waals surface area contributed by atoms with E-state index in [9.17, 15) is 9.59 Å². The molecular formula is C21H23ClN4O3. The van der Waals surface area contributed by atoms with Crippen LogP contribution in [0.2, 0.25) is 5.15 Å². The van der Waals surface area contributed by atoms with Crippen molar-refractivity contribution in [3.8, 4) is 0 Å². The highest BCUT2D eigenvalue weighted by Crippen LogP contribution is 2.18. The molecule has 0 radical (unpaired) electrons. The number of pyridine rings is 1. The number of benzene rings is 1. The minimum absolute atomic E-state index is 0.237. The standard InChI is InChI=1S/C21H23ClN4O3/c1-29-9-5-8-23-20(27)16(10-14-6-3-2-4-7-14)26-21(28)17-11-15-12-19(22)24-13-18(15)25-17/h2-4,6-7,11-13,16,25H,5,8-10H2,1H3,(H,23,27)(H,26,28)/t16-/m0/s1. The van der Waals surface area contributed by atoms with Crippen molar-refractivity contribution in [3.05, 3.63) is 65.1 Å². The smallest absolute Gasteiger partial charge is 0.268 e. The second kappa shape index (κ2) is 10.0. The summed E-state index contributed by atoms with van der Waals surface area (Å²) in [5, 5.41) is 6.81. The highest BCUT2D eigenvalue weighted by Gasteiger charge is 2.22. The molecular weight excluding hydrogens is 392 g/mol. The van der Waals surface area contributed by atoms with E-state index in [0.29, 0.717) is 42.4 Å². The van der Waals surface area contributed by atoms with Crippen molar-refractivity contribution in [1.82, 2.24) is 20.6 Å². The molecule has 3 aromatic rings. The van der Waals surface area contributed by atoms with Crippen LogP contribution in [0.4, 0.5) is 0 Å². The van der Waals surface area contributed by atoms with E-state index in [-0.39, 0.29) is 11.8 Å². The van der Waals surface area contributed by atoms with Crippen LogP contribution in [0, 0.1) is 0 Å². The number of rotatable bonds is 9. The fourth-order valence-corrected chi connectivity index (χ4v) is 3.14. The summed E-state index contributed by atoms with van der Waals surface area (Å²) in [6.07, 6.45) is 2.65. The van der Waals surface area contributed by atoms with Crippen LogP contribution in [0.1, 0.15) is 22.5 Å². The number of carbonyl (C=O) groups is 2. The Kier molecular flexibility index (Phi) is 7.21. The average Bonchev–Trinajstić information content (AvgIpc) is 3.14. The van der Waals surface area contributed by atoms with E-state index in [0.717, 1.165) is 10.9 Å². The van der Waals surface area contributed by atoms with Gasteiger partial charge in [-0.1, -0.05) is 41.9 Å². The maximum absolute atomic E-state index is 12.8. The minimum atomic E-state index is -0.708. The Morgan fingerprint density at radius 2 is 2.03 bits per heavy atom. The number of hydrogen-bond donors (Lipinski definition) is 3. The molecule has 8 heteroatoms. The summed E-state index contributed by atoms with van der Waals surface area (Å²) < 4.78 is 5.00. The number of amides is 2. The average molecular weight is 415 g/mol. The van der Waals surface area contributed by atoms with Crippen molar-refractivity contribution in [3.63, 3.8) is 0 Å². The predicted molar refractivity (Wildman–Crippen MR) is 112 cm³/mol. The maximum Gasteiger partial charge on any atom is 0.268 e. The molecule has 0 saturated carbocycles. The molecule has 0 unspecified atom stereocenters. The SMILES string of the molecule is COCCCNC(=O)[C@H](Cc1ccccc1)NC(=O)c1cc2cc(Cl)ncc2[nH]1. The lowest BCUT2D eigenvalue weighted by atomic mass is 10.0. The van der Waals surface area contributed by atoms with Gasteiger partial charge in [0.1, 0.15) is 16.9 Å². The molecule has 3 rings (SSSR count). The molecule has 1 atom stereocenters. The Bertz CT molecular complexity index is 974. The second-order valence-corrected chi connectivity index (χ2v) is 7.02. The number of carbonyl (C=O) groups excluding carboxylic acids is 2. The molecule has 2 aromatic heterocycles. The summed E-state index contributed by atoms with van der Waals surface area (Å²) in [4.78, 5) is 32.5. The van der Waals surface area contributed by atoms with Crippen LogP contribution in [0.3, 0.4) is 0 Å². The molecule has 29 heavy (non-hydrogen) atoms. The Hall–Kier alpha value is -2.90. The first-order chi connectivity index (χ1) is 14.1. The van der Waals surface area contributed by atoms with Crippen LogP contribution in [-0.4, -0.2) is 48.1 Å². The number of methoxy groups -OCH3 is 1. The number of hydrogen-bond acceptors (Lipinski definition) is 4. The van der Waals surface area contributed by atoms with E-state index in [2.05, 4.69) is 20.6 Å². The molecule has 1 aromatic carbocycles. The van der Waals surface area contributed by atoms with E-state index in [1.54, 1.807) is 25.4 Å². The van der Waals surface area contributed by atoms with Gasteiger partial charge in [0, 0.05) is 32.1 Å². The van der Waals surface area contributed by atoms with Crippen molar-refractivity contribution < 1.29 is 14.3 Å². The Balaban J connectivity index is 1.73. The summed E-state index contributed by atoms with van der Waals surface area (Å²) in [6.45, 7) is 1.03. The summed E-state index contributed by atoms with van der Waals surface area (Å²) in [6, 6.07) is 12.2. The largest absolute Gasteiger partial charge is 0.385 e. The van der Waals surface area contributed by atoms with Crippen LogP contribution in [-0.2, 0) is 16.0 Å². The lowest BCUT2D eigenvalue weighted by Gasteiger charge is -2.18. The molecule has 0 spiro atoms. The molecule has 0 bridgehead atoms. The van der Waals surface area contributed by atoms with E-state index in [1.807, 2.05) is 30.3 Å². The number of fused-ring (bicyclic) bond motifs is 1. The number of halogens is 1. The summed E-state index contributed by atoms with van der Waals surface area (Å²) in [5.74, 6) is -0.607. The van der Waals surface area contributed by atoms with Gasteiger partial charge in [0.05, 0.1) is 11.7 Å². The minimum Gasteiger partial charge on any atom is -0.385 e. The maximum atomic E-state index is 12.8. The lowest BCUT2D eigenvalue weighted by Crippen LogP contribution is -2.48. The molecule has 0 aliphatic rings. The van der Waals surface area contributed by atoms with E-state index < -0.39 is 6.04 Å². The number of nitrogens with one attached hydrogen (secondary N) is 3. The third-order valence-corrected chi connectivity index (χ3v) is 4.65. The molecule has 0 aliphatic heterocycles. The highest BCUT2D eigenvalue weighted by molar-refractivity contribution is 6.30. The number of aromatic amines is 1. The summed E-state index contributed by atoms with van der Waals surface area (Å²) >= 11 is 5.91. The molecule has 2 heterocycles. The zero-order chi connectivity index (χ0) is 20.6. The predicted octanol–water partition coefficient (Wildman–Crippen LogP) is 2.71. The van der Waals surface area contributed by atoms with Crippen LogP contribution in [0.25, 0.3) is 10.9 Å². The normalized spacial score (nSPS) is 11.9. The van der Waals surface area contributed by atoms with Crippen molar-refractivity contribution in [2.24, 2.45) is 0 Å². The summed E-state index contributed by atoms with van der Waals surface area (Å²) in [5.41, 5.74) is 2.00. The molecule has 0 saturated heterocycles. The first-order valence-electron chi connectivity index (χ1n) is 9.32. The van der Waals surface area contributed by atoms with E-state index in [1.165, 1.54) is 0 Å². The third-order valence-electron chi connectivity index (χ3n) is 4.45. The third kappa shape index (κ3) is 5.79. The van der Waals surface area contributed by atoms with Crippen LogP contribution in [0.5, 0.6) is 0 Å². The van der Waals surface area contributed by atoms with Crippen molar-refractivity contribution in [2.75, 3.05) is 20.3 Å². The Morgan fingerprint density at radius 3 is 2.79 bits per heavy atom. The van der Waals surface area contributed by atoms with E-state index in [4.69, 9.17) is 16.3 Å². The van der Waals surface area contributed by atoms with Gasteiger partial charge in [-0.15, -0.1) is 0 Å². The van der Waals surface area contributed by atoms with Crippen LogP contribution in [0.15, 0.2) is 48.7 Å². The fourth-order valence-electron chi connectivity index (χ4n) is 2.97. The number of aromatic nitrogens is 2. The summed E-state index contributed by atoms with van der Waals surface area (Å²) in [7, 11) is 1.61. The van der Waals surface area contributed by atoms with Gasteiger partial charge in [-0.05, 0) is 24.1 Å². The zero-order valence-electron chi connectivity index (χ0n) is 16.1. The lowest BCUT2D eigenvalue weighted by molar-refractivity contribution is -0.123. The van der Waals surface area contributed by atoms with Gasteiger partial charge in [0.2, 0.25) is 5.91 Å². The highest BCUT2D eigenvalue weighted by atomic mass is 35.5. The molecule has 0 aliphatic carbocycles. The first kappa shape index (κ1) is 20.8. The van der Waals surface area contributed by atoms with Gasteiger partial charge in [-0.25, -0.2) is 4.98 Å². The van der Waals surface area contributed by atoms with Crippen LogP contribution >= 0.6 is 11.6 Å². The topological polar surface area (TPSA) is 96.1 Å². The van der Waals surface area contributed by atoms with Gasteiger partial charge < -0.3 is 20.4 Å². The number of nitrogens with zero attached hydrogens (tertiary/aromatic N) is 1. The van der Waals surface area contributed by atoms with Gasteiger partial charge in [0.15, 0.2) is 0 Å². The molecule has 152 valence electrons. The van der Waals surface area contributed by atoms with Gasteiger partial charge in [-0.2, -0.15) is 0 Å².